The van der Waals surface area contributed by atoms with Crippen LogP contribution in [-0.4, -0.2) is 18.4 Å². The van der Waals surface area contributed by atoms with Crippen LogP contribution >= 0.6 is 32.8 Å². The third kappa shape index (κ3) is 6.58. The lowest BCUT2D eigenvalue weighted by Crippen LogP contribution is -2.44. The second-order valence-corrected chi connectivity index (χ2v) is 21.3. The van der Waals surface area contributed by atoms with E-state index in [1.807, 2.05) is 13.8 Å². The van der Waals surface area contributed by atoms with Crippen LogP contribution in [0.5, 0.6) is 0 Å². The number of nitrogens with zero attached hydrogens (tertiary/aromatic N) is 1. The highest BCUT2D eigenvalue weighted by molar-refractivity contribution is 14.1. The Labute approximate surface area is 238 Å². The van der Waals surface area contributed by atoms with Gasteiger partial charge in [0.2, 0.25) is 0 Å². The SMILES string of the molecule is CC(C)c1nc2c(c(I)c1[C@@H](O)c1ccc(S(F)(F)(F)(F)F)cc1)[C@@H](O[Si](C)(C)C(C)(C)C)CC(C)(C)C2. The van der Waals surface area contributed by atoms with E-state index in [1.54, 1.807) is 0 Å². The fraction of sp³-hybridized carbons (Fsp3) is 0.593. The minimum atomic E-state index is -9.82. The molecular formula is C27H39F5INO2SSi. The summed E-state index contributed by atoms with van der Waals surface area (Å²) in [6.45, 7) is 19.1. The molecule has 1 N–H and O–H groups in total. The van der Waals surface area contributed by atoms with Crippen molar-refractivity contribution in [1.82, 2.24) is 4.98 Å². The van der Waals surface area contributed by atoms with Crippen LogP contribution in [0.3, 0.4) is 0 Å². The average molecular weight is 692 g/mol. The number of hydrogen-bond donors (Lipinski definition) is 1. The Balaban J connectivity index is 2.20. The molecule has 3 nitrogen and oxygen atoms in total. The van der Waals surface area contributed by atoms with E-state index < -0.39 is 29.5 Å². The number of fused-ring (bicyclic) bond motifs is 1. The molecule has 0 saturated heterocycles. The fourth-order valence-corrected chi connectivity index (χ4v) is 7.79. The number of pyridine rings is 1. The van der Waals surface area contributed by atoms with Crippen molar-refractivity contribution in [2.45, 2.75) is 102 Å². The third-order valence-corrected chi connectivity index (χ3v) is 14.5. The highest BCUT2D eigenvalue weighted by Crippen LogP contribution is 3.02. The van der Waals surface area contributed by atoms with Crippen molar-refractivity contribution in [2.24, 2.45) is 5.41 Å². The maximum absolute atomic E-state index is 13.3. The molecule has 0 bridgehead atoms. The van der Waals surface area contributed by atoms with E-state index in [0.29, 0.717) is 23.4 Å². The summed E-state index contributed by atoms with van der Waals surface area (Å²) in [5.41, 5.74) is 2.98. The van der Waals surface area contributed by atoms with E-state index in [2.05, 4.69) is 70.3 Å². The summed E-state index contributed by atoms with van der Waals surface area (Å²) in [5.74, 6) is -0.0905. The number of rotatable bonds is 6. The van der Waals surface area contributed by atoms with Gasteiger partial charge in [-0.15, -0.1) is 0 Å². The van der Waals surface area contributed by atoms with E-state index in [4.69, 9.17) is 9.41 Å². The third-order valence-electron chi connectivity index (χ3n) is 7.73. The van der Waals surface area contributed by atoms with Gasteiger partial charge in [-0.05, 0) is 82.6 Å². The molecular weight excluding hydrogens is 652 g/mol. The van der Waals surface area contributed by atoms with Crippen LogP contribution in [0, 0.1) is 8.99 Å². The van der Waals surface area contributed by atoms with E-state index >= 15 is 0 Å². The molecule has 1 aliphatic carbocycles. The van der Waals surface area contributed by atoms with Gasteiger partial charge >= 0.3 is 10.2 Å². The van der Waals surface area contributed by atoms with E-state index in [1.165, 1.54) is 0 Å². The molecule has 1 aromatic carbocycles. The van der Waals surface area contributed by atoms with Gasteiger partial charge in [-0.2, -0.15) is 0 Å². The van der Waals surface area contributed by atoms with Crippen molar-refractivity contribution in [3.8, 4) is 0 Å². The predicted molar refractivity (Wildman–Crippen MR) is 156 cm³/mol. The number of hydrogen-bond acceptors (Lipinski definition) is 3. The van der Waals surface area contributed by atoms with Gasteiger partial charge in [-0.1, -0.05) is 80.0 Å². The van der Waals surface area contributed by atoms with Crippen molar-refractivity contribution in [3.63, 3.8) is 0 Å². The number of aromatic nitrogens is 1. The van der Waals surface area contributed by atoms with Crippen LogP contribution in [0.4, 0.5) is 19.4 Å². The highest BCUT2D eigenvalue weighted by atomic mass is 127. The highest BCUT2D eigenvalue weighted by Gasteiger charge is 2.65. The number of aliphatic hydroxyl groups is 1. The molecule has 0 radical (unpaired) electrons. The van der Waals surface area contributed by atoms with Gasteiger partial charge < -0.3 is 9.53 Å². The van der Waals surface area contributed by atoms with E-state index in [-0.39, 0.29) is 28.0 Å². The molecule has 3 rings (SSSR count). The molecule has 0 amide bonds. The first-order chi connectivity index (χ1) is 16.7. The summed E-state index contributed by atoms with van der Waals surface area (Å²) in [6, 6.07) is 2.54. The van der Waals surface area contributed by atoms with E-state index in [0.717, 1.165) is 39.8 Å². The maximum Gasteiger partial charge on any atom is 0.310 e. The number of halogens is 6. The Hall–Kier alpha value is -0.763. The molecule has 38 heavy (non-hydrogen) atoms. The minimum absolute atomic E-state index is 0.0293. The molecule has 2 aromatic rings. The first-order valence-electron chi connectivity index (χ1n) is 12.7. The summed E-state index contributed by atoms with van der Waals surface area (Å²) in [5, 5.41) is 11.4. The van der Waals surface area contributed by atoms with Crippen LogP contribution in [0.2, 0.25) is 18.1 Å². The standard InChI is InChI=1S/C27H39F5INO2SSi/c1-16(2)24-22(25(35)17-10-12-18(13-11-17)37(28,29,30,31)32)23(33)21-19(34-24)14-27(6,7)15-20(21)36-38(8,9)26(3,4)5/h10-13,16,20,25,35H,14-15H2,1-9H3/t20-,25-/m0/s1. The molecule has 216 valence electrons. The van der Waals surface area contributed by atoms with Crippen LogP contribution in [0.1, 0.15) is 101 Å². The summed E-state index contributed by atoms with van der Waals surface area (Å²) in [6.07, 6.45) is -0.103. The number of benzene rings is 1. The number of aliphatic hydroxyl groups excluding tert-OH is 1. The van der Waals surface area contributed by atoms with Crippen molar-refractivity contribution in [2.75, 3.05) is 0 Å². The van der Waals surface area contributed by atoms with Crippen LogP contribution in [0.25, 0.3) is 0 Å². The van der Waals surface area contributed by atoms with Crippen LogP contribution < -0.4 is 0 Å². The van der Waals surface area contributed by atoms with Gasteiger partial charge in [-0.3, -0.25) is 4.98 Å². The summed E-state index contributed by atoms with van der Waals surface area (Å²) >= 11 is 2.19. The second-order valence-electron chi connectivity index (χ2n) is 13.1. The first kappa shape index (κ1) is 31.8. The Kier molecular flexibility index (Phi) is 7.62. The molecule has 1 aromatic heterocycles. The Morgan fingerprint density at radius 2 is 1.61 bits per heavy atom. The molecule has 0 saturated carbocycles. The molecule has 1 aliphatic rings. The van der Waals surface area contributed by atoms with Gasteiger partial charge in [0.1, 0.15) is 11.0 Å². The lowest BCUT2D eigenvalue weighted by molar-refractivity contribution is 0.104. The predicted octanol–water partition coefficient (Wildman–Crippen LogP) is 10.6. The minimum Gasteiger partial charge on any atom is -0.410 e. The molecule has 2 atom stereocenters. The molecule has 0 unspecified atom stereocenters. The maximum atomic E-state index is 13.3. The van der Waals surface area contributed by atoms with E-state index in [9.17, 15) is 24.5 Å². The average Bonchev–Trinajstić information content (AvgIpc) is 2.69. The Morgan fingerprint density at radius 1 is 1.08 bits per heavy atom. The summed E-state index contributed by atoms with van der Waals surface area (Å²) in [4.78, 5) is 3.04. The van der Waals surface area contributed by atoms with Gasteiger partial charge in [-0.25, -0.2) is 0 Å². The van der Waals surface area contributed by atoms with Crippen molar-refractivity contribution >= 4 is 41.1 Å². The van der Waals surface area contributed by atoms with Gasteiger partial charge in [0.25, 0.3) is 0 Å². The van der Waals surface area contributed by atoms with Crippen molar-refractivity contribution < 1.29 is 29.0 Å². The Bertz CT molecular complexity index is 1230. The molecule has 1 heterocycles. The smallest absolute Gasteiger partial charge is 0.310 e. The van der Waals surface area contributed by atoms with Crippen molar-refractivity contribution in [1.29, 1.82) is 0 Å². The first-order valence-corrected chi connectivity index (χ1v) is 18.6. The monoisotopic (exact) mass is 691 g/mol. The quantitative estimate of drug-likeness (QED) is 0.186. The zero-order valence-corrected chi connectivity index (χ0v) is 27.4. The van der Waals surface area contributed by atoms with Crippen LogP contribution in [-0.2, 0) is 10.8 Å². The lowest BCUT2D eigenvalue weighted by Gasteiger charge is -2.44. The van der Waals surface area contributed by atoms with Gasteiger partial charge in [0.05, 0.1) is 11.8 Å². The fourth-order valence-electron chi connectivity index (χ4n) is 4.65. The lowest BCUT2D eigenvalue weighted by atomic mass is 9.74. The molecule has 0 spiro atoms. The molecule has 0 aliphatic heterocycles. The molecule has 11 heteroatoms. The van der Waals surface area contributed by atoms with Crippen LogP contribution in [0.15, 0.2) is 29.2 Å². The normalized spacial score (nSPS) is 21.0. The zero-order chi connectivity index (χ0) is 29.3. The summed E-state index contributed by atoms with van der Waals surface area (Å²) < 4.78 is 74.0. The topological polar surface area (TPSA) is 42.4 Å². The van der Waals surface area contributed by atoms with Gasteiger partial charge in [0, 0.05) is 20.4 Å². The molecule has 0 fully saturated rings. The van der Waals surface area contributed by atoms with Gasteiger partial charge in [0.15, 0.2) is 8.32 Å². The zero-order valence-electron chi connectivity index (χ0n) is 23.4. The van der Waals surface area contributed by atoms with Crippen molar-refractivity contribution in [3.05, 3.63) is 55.9 Å². The summed E-state index contributed by atoms with van der Waals surface area (Å²) in [7, 11) is -12.0. The largest absolute Gasteiger partial charge is 0.410 e. The second kappa shape index (κ2) is 9.12. The Morgan fingerprint density at radius 3 is 2.05 bits per heavy atom.